The summed E-state index contributed by atoms with van der Waals surface area (Å²) in [7, 11) is 0. The highest BCUT2D eigenvalue weighted by molar-refractivity contribution is 5.85. The van der Waals surface area contributed by atoms with Crippen LogP contribution >= 0.6 is 0 Å². The Bertz CT molecular complexity index is 234. The van der Waals surface area contributed by atoms with Gasteiger partial charge in [-0.05, 0) is 6.42 Å². The van der Waals surface area contributed by atoms with Gasteiger partial charge in [-0.2, -0.15) is 0 Å². The van der Waals surface area contributed by atoms with Crippen molar-refractivity contribution < 1.29 is 9.84 Å². The quantitative estimate of drug-likeness (QED) is 0.700. The van der Waals surface area contributed by atoms with Crippen LogP contribution in [0.15, 0.2) is 4.99 Å². The van der Waals surface area contributed by atoms with Crippen molar-refractivity contribution in [3.8, 4) is 0 Å². The second-order valence-corrected chi connectivity index (χ2v) is 4.14. The second-order valence-electron chi connectivity index (χ2n) is 4.14. The molecule has 2 rings (SSSR count). The Labute approximate surface area is 84.4 Å². The first-order chi connectivity index (χ1) is 6.77. The first kappa shape index (κ1) is 9.93. The van der Waals surface area contributed by atoms with Crippen LogP contribution in [0.3, 0.4) is 0 Å². The summed E-state index contributed by atoms with van der Waals surface area (Å²) in [5.74, 6) is 0.949. The molecule has 0 aromatic carbocycles. The van der Waals surface area contributed by atoms with Crippen molar-refractivity contribution in [2.24, 2.45) is 4.99 Å². The SMILES string of the molecule is CCCCC1=NC(O)C2(CCOC2)N1. The lowest BCUT2D eigenvalue weighted by Crippen LogP contribution is -2.51. The van der Waals surface area contributed by atoms with Gasteiger partial charge >= 0.3 is 0 Å². The molecule has 0 aliphatic carbocycles. The van der Waals surface area contributed by atoms with E-state index in [1.807, 2.05) is 0 Å². The number of hydrogen-bond acceptors (Lipinski definition) is 4. The number of aliphatic hydroxyl groups is 1. The van der Waals surface area contributed by atoms with Gasteiger partial charge in [-0.25, -0.2) is 4.99 Å². The summed E-state index contributed by atoms with van der Waals surface area (Å²) >= 11 is 0. The Balaban J connectivity index is 1.95. The number of unbranched alkanes of at least 4 members (excludes halogenated alkanes) is 1. The summed E-state index contributed by atoms with van der Waals surface area (Å²) in [6.07, 6.45) is 3.45. The van der Waals surface area contributed by atoms with Crippen molar-refractivity contribution in [2.75, 3.05) is 13.2 Å². The van der Waals surface area contributed by atoms with Gasteiger partial charge in [0.2, 0.25) is 0 Å². The van der Waals surface area contributed by atoms with Crippen LogP contribution in [0.5, 0.6) is 0 Å². The molecule has 2 unspecified atom stereocenters. The van der Waals surface area contributed by atoms with Gasteiger partial charge in [0.15, 0.2) is 6.23 Å². The minimum absolute atomic E-state index is 0.303. The first-order valence-electron chi connectivity index (χ1n) is 5.37. The summed E-state index contributed by atoms with van der Waals surface area (Å²) in [6, 6.07) is 0. The number of nitrogens with zero attached hydrogens (tertiary/aromatic N) is 1. The number of aliphatic hydroxyl groups excluding tert-OH is 1. The van der Waals surface area contributed by atoms with Gasteiger partial charge < -0.3 is 15.2 Å². The average Bonchev–Trinajstić information content (AvgIpc) is 2.74. The van der Waals surface area contributed by atoms with Crippen molar-refractivity contribution in [1.82, 2.24) is 5.32 Å². The van der Waals surface area contributed by atoms with Crippen LogP contribution < -0.4 is 5.32 Å². The smallest absolute Gasteiger partial charge is 0.172 e. The van der Waals surface area contributed by atoms with E-state index in [-0.39, 0.29) is 5.54 Å². The van der Waals surface area contributed by atoms with Gasteiger partial charge in [-0.1, -0.05) is 13.3 Å². The van der Waals surface area contributed by atoms with E-state index < -0.39 is 6.23 Å². The molecule has 80 valence electrons. The van der Waals surface area contributed by atoms with E-state index in [0.29, 0.717) is 6.61 Å². The van der Waals surface area contributed by atoms with Gasteiger partial charge in [0.1, 0.15) is 11.4 Å². The van der Waals surface area contributed by atoms with Gasteiger partial charge in [-0.15, -0.1) is 0 Å². The van der Waals surface area contributed by atoms with Gasteiger partial charge in [0, 0.05) is 19.4 Å². The Hall–Kier alpha value is -0.610. The highest BCUT2D eigenvalue weighted by atomic mass is 16.5. The predicted molar refractivity (Wildman–Crippen MR) is 54.3 cm³/mol. The fourth-order valence-corrected chi connectivity index (χ4v) is 2.01. The molecule has 2 N–H and O–H groups in total. The average molecular weight is 198 g/mol. The van der Waals surface area contributed by atoms with Crippen LogP contribution in [-0.2, 0) is 4.74 Å². The third-order valence-corrected chi connectivity index (χ3v) is 2.98. The maximum Gasteiger partial charge on any atom is 0.172 e. The van der Waals surface area contributed by atoms with Gasteiger partial charge in [0.25, 0.3) is 0 Å². The van der Waals surface area contributed by atoms with Gasteiger partial charge in [0.05, 0.1) is 6.61 Å². The molecule has 4 heteroatoms. The summed E-state index contributed by atoms with van der Waals surface area (Å²) < 4.78 is 5.31. The van der Waals surface area contributed by atoms with E-state index in [9.17, 15) is 5.11 Å². The van der Waals surface area contributed by atoms with Crippen LogP contribution in [0.2, 0.25) is 0 Å². The summed E-state index contributed by atoms with van der Waals surface area (Å²) in [5.41, 5.74) is -0.303. The van der Waals surface area contributed by atoms with E-state index in [2.05, 4.69) is 17.2 Å². The van der Waals surface area contributed by atoms with Crippen LogP contribution in [-0.4, -0.2) is 35.9 Å². The molecule has 0 amide bonds. The number of nitrogens with one attached hydrogen (secondary N) is 1. The van der Waals surface area contributed by atoms with E-state index >= 15 is 0 Å². The Kier molecular flexibility index (Phi) is 2.74. The van der Waals surface area contributed by atoms with E-state index in [1.165, 1.54) is 0 Å². The van der Waals surface area contributed by atoms with E-state index in [4.69, 9.17) is 4.74 Å². The molecule has 0 saturated carbocycles. The molecule has 0 radical (unpaired) electrons. The molecule has 4 nitrogen and oxygen atoms in total. The maximum atomic E-state index is 9.82. The van der Waals surface area contributed by atoms with Crippen molar-refractivity contribution >= 4 is 5.84 Å². The normalized spacial score (nSPS) is 36.1. The summed E-state index contributed by atoms with van der Waals surface area (Å²) in [6.45, 7) is 3.45. The minimum Gasteiger partial charge on any atom is -0.379 e. The maximum absolute atomic E-state index is 9.82. The fraction of sp³-hybridized carbons (Fsp3) is 0.900. The monoisotopic (exact) mass is 198 g/mol. The molecule has 2 heterocycles. The number of hydrogen-bond donors (Lipinski definition) is 2. The Morgan fingerprint density at radius 2 is 2.57 bits per heavy atom. The molecular formula is C10H18N2O2. The van der Waals surface area contributed by atoms with Crippen LogP contribution in [0.4, 0.5) is 0 Å². The Morgan fingerprint density at radius 1 is 1.71 bits per heavy atom. The molecule has 0 aromatic heterocycles. The van der Waals surface area contributed by atoms with Gasteiger partial charge in [-0.3, -0.25) is 0 Å². The van der Waals surface area contributed by atoms with Crippen LogP contribution in [0, 0.1) is 0 Å². The third-order valence-electron chi connectivity index (χ3n) is 2.98. The lowest BCUT2D eigenvalue weighted by atomic mass is 9.98. The molecule has 1 fully saturated rings. The molecule has 1 spiro atoms. The lowest BCUT2D eigenvalue weighted by molar-refractivity contribution is 0.0773. The fourth-order valence-electron chi connectivity index (χ4n) is 2.01. The molecule has 2 aliphatic heterocycles. The zero-order valence-corrected chi connectivity index (χ0v) is 8.62. The third kappa shape index (κ3) is 1.64. The number of amidine groups is 1. The number of ether oxygens (including phenoxy) is 1. The summed E-state index contributed by atoms with van der Waals surface area (Å²) in [5, 5.41) is 13.1. The zero-order valence-electron chi connectivity index (χ0n) is 8.62. The molecule has 2 aliphatic rings. The predicted octanol–water partition coefficient (Wildman–Crippen LogP) is 0.656. The largest absolute Gasteiger partial charge is 0.379 e. The topological polar surface area (TPSA) is 53.9 Å². The van der Waals surface area contributed by atoms with E-state index in [0.717, 1.165) is 38.1 Å². The lowest BCUT2D eigenvalue weighted by Gasteiger charge is -2.25. The zero-order chi connectivity index (χ0) is 10.0. The molecule has 1 saturated heterocycles. The molecule has 0 aromatic rings. The Morgan fingerprint density at radius 3 is 3.21 bits per heavy atom. The summed E-state index contributed by atoms with van der Waals surface area (Å²) in [4.78, 5) is 4.24. The highest BCUT2D eigenvalue weighted by Crippen LogP contribution is 2.28. The van der Waals surface area contributed by atoms with Crippen molar-refractivity contribution in [1.29, 1.82) is 0 Å². The number of aliphatic imine (C=N–C) groups is 1. The highest BCUT2D eigenvalue weighted by Gasteiger charge is 2.46. The van der Waals surface area contributed by atoms with Crippen molar-refractivity contribution in [3.63, 3.8) is 0 Å². The van der Waals surface area contributed by atoms with Crippen molar-refractivity contribution in [3.05, 3.63) is 0 Å². The molecular weight excluding hydrogens is 180 g/mol. The second kappa shape index (κ2) is 3.87. The first-order valence-corrected chi connectivity index (χ1v) is 5.37. The van der Waals surface area contributed by atoms with Crippen LogP contribution in [0.25, 0.3) is 0 Å². The molecule has 2 atom stereocenters. The standard InChI is InChI=1S/C10H18N2O2/c1-2-3-4-8-11-9(13)10(12-8)5-6-14-7-10/h9,13H,2-7H2,1H3,(H,11,12). The molecule has 14 heavy (non-hydrogen) atoms. The molecule has 0 bridgehead atoms. The van der Waals surface area contributed by atoms with E-state index in [1.54, 1.807) is 0 Å². The van der Waals surface area contributed by atoms with Crippen LogP contribution in [0.1, 0.15) is 32.6 Å². The number of rotatable bonds is 3. The van der Waals surface area contributed by atoms with Crippen molar-refractivity contribution in [2.45, 2.75) is 44.4 Å². The minimum atomic E-state index is -0.614.